The van der Waals surface area contributed by atoms with Gasteiger partial charge < -0.3 is 19.7 Å². The molecule has 0 radical (unpaired) electrons. The Balaban J connectivity index is 2.36. The summed E-state index contributed by atoms with van der Waals surface area (Å²) >= 11 is 0. The Hall–Kier alpha value is -0.160. The minimum absolute atomic E-state index is 0.157. The second kappa shape index (κ2) is 6.55. The van der Waals surface area contributed by atoms with E-state index in [2.05, 4.69) is 31.1 Å². The quantitative estimate of drug-likeness (QED) is 0.716. The number of piperidine rings is 1. The van der Waals surface area contributed by atoms with Crippen molar-refractivity contribution in [2.75, 3.05) is 27.8 Å². The fourth-order valence-corrected chi connectivity index (χ4v) is 2.40. The van der Waals surface area contributed by atoms with E-state index in [0.29, 0.717) is 12.1 Å². The number of hydrogen-bond acceptors (Lipinski definition) is 4. The van der Waals surface area contributed by atoms with Crippen molar-refractivity contribution < 1.29 is 9.47 Å². The van der Waals surface area contributed by atoms with E-state index in [4.69, 9.17) is 9.47 Å². The molecule has 0 amide bonds. The van der Waals surface area contributed by atoms with Crippen LogP contribution in [0.5, 0.6) is 0 Å². The summed E-state index contributed by atoms with van der Waals surface area (Å²) in [4.78, 5) is 2.41. The molecule has 3 atom stereocenters. The molecule has 96 valence electrons. The van der Waals surface area contributed by atoms with Crippen LogP contribution in [0.2, 0.25) is 0 Å². The fraction of sp³-hybridized carbons (Fsp3) is 1.00. The van der Waals surface area contributed by atoms with E-state index in [1.54, 1.807) is 14.2 Å². The molecule has 0 spiro atoms. The Morgan fingerprint density at radius 3 is 2.44 bits per heavy atom. The van der Waals surface area contributed by atoms with Gasteiger partial charge in [-0.1, -0.05) is 0 Å². The van der Waals surface area contributed by atoms with E-state index in [9.17, 15) is 0 Å². The van der Waals surface area contributed by atoms with Gasteiger partial charge in [-0.15, -0.1) is 0 Å². The third-order valence-electron chi connectivity index (χ3n) is 3.58. The van der Waals surface area contributed by atoms with Gasteiger partial charge in [-0.3, -0.25) is 0 Å². The largest absolute Gasteiger partial charge is 0.354 e. The van der Waals surface area contributed by atoms with Crippen LogP contribution in [0.25, 0.3) is 0 Å². The maximum Gasteiger partial charge on any atom is 0.171 e. The van der Waals surface area contributed by atoms with Gasteiger partial charge in [-0.25, -0.2) is 0 Å². The van der Waals surface area contributed by atoms with Gasteiger partial charge in [0.25, 0.3) is 0 Å². The maximum atomic E-state index is 5.26. The Morgan fingerprint density at radius 2 is 1.94 bits per heavy atom. The summed E-state index contributed by atoms with van der Waals surface area (Å²) in [6, 6.07) is 1.46. The molecular formula is C12H26N2O2. The molecule has 4 nitrogen and oxygen atoms in total. The Morgan fingerprint density at radius 1 is 1.31 bits per heavy atom. The molecular weight excluding hydrogens is 204 g/mol. The lowest BCUT2D eigenvalue weighted by Crippen LogP contribution is -2.51. The highest BCUT2D eigenvalue weighted by molar-refractivity contribution is 4.83. The first-order chi connectivity index (χ1) is 7.58. The number of rotatable bonds is 5. The van der Waals surface area contributed by atoms with Crippen LogP contribution in [0, 0.1) is 0 Å². The average Bonchev–Trinajstić information content (AvgIpc) is 2.25. The maximum absolute atomic E-state index is 5.26. The second-order valence-corrected chi connectivity index (χ2v) is 4.85. The second-order valence-electron chi connectivity index (χ2n) is 4.85. The summed E-state index contributed by atoms with van der Waals surface area (Å²) in [6.07, 6.45) is 2.24. The van der Waals surface area contributed by atoms with Gasteiger partial charge in [0.1, 0.15) is 0 Å². The zero-order chi connectivity index (χ0) is 12.1. The Kier molecular flexibility index (Phi) is 5.69. The van der Waals surface area contributed by atoms with Crippen molar-refractivity contribution in [1.29, 1.82) is 0 Å². The van der Waals surface area contributed by atoms with E-state index in [-0.39, 0.29) is 12.3 Å². The number of nitrogens with zero attached hydrogens (tertiary/aromatic N) is 1. The first-order valence-corrected chi connectivity index (χ1v) is 6.10. The SMILES string of the molecule is COC(OC)C(C)NC1CCN(C)C(C)C1. The predicted molar refractivity (Wildman–Crippen MR) is 65.5 cm³/mol. The van der Waals surface area contributed by atoms with Crippen molar-refractivity contribution in [1.82, 2.24) is 10.2 Å². The van der Waals surface area contributed by atoms with Crippen molar-refractivity contribution in [2.24, 2.45) is 0 Å². The van der Waals surface area contributed by atoms with Gasteiger partial charge in [0.05, 0.1) is 6.04 Å². The predicted octanol–water partition coefficient (Wildman–Crippen LogP) is 1.07. The molecule has 1 aliphatic heterocycles. The molecule has 1 saturated heterocycles. The first-order valence-electron chi connectivity index (χ1n) is 6.10. The molecule has 0 aromatic rings. The molecule has 0 saturated carbocycles. The Bertz CT molecular complexity index is 197. The van der Waals surface area contributed by atoms with E-state index in [1.165, 1.54) is 12.8 Å². The summed E-state index contributed by atoms with van der Waals surface area (Å²) in [5, 5.41) is 3.60. The van der Waals surface area contributed by atoms with Gasteiger partial charge in [0.2, 0.25) is 0 Å². The van der Waals surface area contributed by atoms with Gasteiger partial charge in [-0.2, -0.15) is 0 Å². The Labute approximate surface area is 99.3 Å². The summed E-state index contributed by atoms with van der Waals surface area (Å²) in [6.45, 7) is 5.56. The molecule has 1 aliphatic rings. The van der Waals surface area contributed by atoms with Crippen LogP contribution in [0.4, 0.5) is 0 Å². The van der Waals surface area contributed by atoms with Crippen molar-refractivity contribution in [3.05, 3.63) is 0 Å². The van der Waals surface area contributed by atoms with Crippen LogP contribution in [0.1, 0.15) is 26.7 Å². The molecule has 1 rings (SSSR count). The third kappa shape index (κ3) is 3.70. The van der Waals surface area contributed by atoms with Gasteiger partial charge in [0.15, 0.2) is 6.29 Å². The molecule has 3 unspecified atom stereocenters. The van der Waals surface area contributed by atoms with Gasteiger partial charge in [0, 0.05) is 26.3 Å². The minimum atomic E-state index is -0.157. The lowest BCUT2D eigenvalue weighted by Gasteiger charge is -2.37. The highest BCUT2D eigenvalue weighted by Gasteiger charge is 2.26. The van der Waals surface area contributed by atoms with Crippen molar-refractivity contribution in [3.63, 3.8) is 0 Å². The molecule has 4 heteroatoms. The number of ether oxygens (including phenoxy) is 2. The molecule has 1 N–H and O–H groups in total. The minimum Gasteiger partial charge on any atom is -0.354 e. The molecule has 0 bridgehead atoms. The van der Waals surface area contributed by atoms with E-state index in [1.807, 2.05) is 0 Å². The lowest BCUT2D eigenvalue weighted by molar-refractivity contribution is -0.121. The molecule has 0 aromatic heterocycles. The van der Waals surface area contributed by atoms with E-state index in [0.717, 1.165) is 6.54 Å². The van der Waals surface area contributed by atoms with Crippen LogP contribution in [0.15, 0.2) is 0 Å². The van der Waals surface area contributed by atoms with Crippen LogP contribution in [-0.4, -0.2) is 57.1 Å². The van der Waals surface area contributed by atoms with Crippen LogP contribution in [0.3, 0.4) is 0 Å². The van der Waals surface area contributed by atoms with Crippen LogP contribution >= 0.6 is 0 Å². The normalized spacial score (nSPS) is 29.6. The highest BCUT2D eigenvalue weighted by atomic mass is 16.7. The zero-order valence-electron chi connectivity index (χ0n) is 11.2. The molecule has 1 fully saturated rings. The number of methoxy groups -OCH3 is 2. The fourth-order valence-electron chi connectivity index (χ4n) is 2.40. The van der Waals surface area contributed by atoms with E-state index < -0.39 is 0 Å². The number of likely N-dealkylation sites (tertiary alicyclic amines) is 1. The topological polar surface area (TPSA) is 33.7 Å². The smallest absolute Gasteiger partial charge is 0.171 e. The van der Waals surface area contributed by atoms with Crippen LogP contribution in [-0.2, 0) is 9.47 Å². The average molecular weight is 230 g/mol. The standard InChI is InChI=1S/C12H26N2O2/c1-9-8-11(6-7-14(9)3)13-10(2)12(15-4)16-5/h9-13H,6-8H2,1-5H3. The number of hydrogen-bond donors (Lipinski definition) is 1. The zero-order valence-corrected chi connectivity index (χ0v) is 11.2. The summed E-state index contributed by atoms with van der Waals surface area (Å²) in [5.74, 6) is 0. The third-order valence-corrected chi connectivity index (χ3v) is 3.58. The summed E-state index contributed by atoms with van der Waals surface area (Å²) in [7, 11) is 5.56. The molecule has 0 aliphatic carbocycles. The van der Waals surface area contributed by atoms with Crippen molar-refractivity contribution in [2.45, 2.75) is 51.1 Å². The van der Waals surface area contributed by atoms with Crippen molar-refractivity contribution in [3.8, 4) is 0 Å². The highest BCUT2D eigenvalue weighted by Crippen LogP contribution is 2.16. The monoisotopic (exact) mass is 230 g/mol. The van der Waals surface area contributed by atoms with Gasteiger partial charge >= 0.3 is 0 Å². The number of nitrogens with one attached hydrogen (secondary N) is 1. The molecule has 0 aromatic carbocycles. The van der Waals surface area contributed by atoms with Crippen LogP contribution < -0.4 is 5.32 Å². The molecule has 16 heavy (non-hydrogen) atoms. The first kappa shape index (κ1) is 13.9. The van der Waals surface area contributed by atoms with Gasteiger partial charge in [-0.05, 0) is 40.3 Å². The summed E-state index contributed by atoms with van der Waals surface area (Å²) in [5.41, 5.74) is 0. The van der Waals surface area contributed by atoms with E-state index >= 15 is 0 Å². The molecule has 1 heterocycles. The van der Waals surface area contributed by atoms with Crippen molar-refractivity contribution >= 4 is 0 Å². The summed E-state index contributed by atoms with van der Waals surface area (Å²) < 4.78 is 10.5. The lowest BCUT2D eigenvalue weighted by atomic mass is 9.98.